The van der Waals surface area contributed by atoms with E-state index in [2.05, 4.69) is 81.0 Å². The molecular formula is C17H29BrOSi. The van der Waals surface area contributed by atoms with E-state index in [4.69, 9.17) is 4.43 Å². The molecule has 3 heteroatoms. The zero-order chi connectivity index (χ0) is 15.4. The molecule has 20 heavy (non-hydrogen) atoms. The van der Waals surface area contributed by atoms with Crippen LogP contribution in [0.3, 0.4) is 0 Å². The van der Waals surface area contributed by atoms with Crippen molar-refractivity contribution in [3.63, 3.8) is 0 Å². The van der Waals surface area contributed by atoms with Crippen LogP contribution in [0.4, 0.5) is 0 Å². The standard InChI is InChI=1S/C17H29BrOSi/c1-14(2)17(3,4)20(5,6)19-12-8-10-15-9-7-11-16(18)13-15/h7,9,11,13-14H,8,10,12H2,1-6H3. The minimum atomic E-state index is -1.65. The maximum atomic E-state index is 6.33. The maximum absolute atomic E-state index is 6.33. The Morgan fingerprint density at radius 1 is 1.25 bits per heavy atom. The molecule has 0 aliphatic heterocycles. The van der Waals surface area contributed by atoms with E-state index in [1.807, 2.05) is 0 Å². The fraction of sp³-hybridized carbons (Fsp3) is 0.647. The summed E-state index contributed by atoms with van der Waals surface area (Å²) in [6, 6.07) is 8.55. The predicted molar refractivity (Wildman–Crippen MR) is 94.8 cm³/mol. The van der Waals surface area contributed by atoms with Gasteiger partial charge >= 0.3 is 0 Å². The first-order valence-corrected chi connectivity index (χ1v) is 11.3. The molecule has 0 unspecified atom stereocenters. The van der Waals surface area contributed by atoms with E-state index in [1.54, 1.807) is 0 Å². The van der Waals surface area contributed by atoms with Gasteiger partial charge in [0.15, 0.2) is 8.32 Å². The van der Waals surface area contributed by atoms with Gasteiger partial charge in [-0.1, -0.05) is 55.8 Å². The van der Waals surface area contributed by atoms with Gasteiger partial charge in [0, 0.05) is 11.1 Å². The fourth-order valence-corrected chi connectivity index (χ4v) is 5.04. The van der Waals surface area contributed by atoms with E-state index >= 15 is 0 Å². The Labute approximate surface area is 134 Å². The summed E-state index contributed by atoms with van der Waals surface area (Å²) in [5.41, 5.74) is 1.38. The van der Waals surface area contributed by atoms with Gasteiger partial charge in [-0.15, -0.1) is 0 Å². The van der Waals surface area contributed by atoms with E-state index < -0.39 is 8.32 Å². The van der Waals surface area contributed by atoms with Crippen molar-refractivity contribution in [3.05, 3.63) is 34.3 Å². The number of benzene rings is 1. The van der Waals surface area contributed by atoms with Crippen molar-refractivity contribution in [3.8, 4) is 0 Å². The molecule has 0 aromatic heterocycles. The molecule has 0 N–H and O–H groups in total. The molecular weight excluding hydrogens is 328 g/mol. The number of hydrogen-bond donors (Lipinski definition) is 0. The minimum Gasteiger partial charge on any atom is -0.417 e. The van der Waals surface area contributed by atoms with Gasteiger partial charge in [0.1, 0.15) is 0 Å². The molecule has 0 heterocycles. The van der Waals surface area contributed by atoms with Crippen molar-refractivity contribution in [2.24, 2.45) is 5.92 Å². The summed E-state index contributed by atoms with van der Waals surface area (Å²) in [7, 11) is -1.65. The average molecular weight is 357 g/mol. The van der Waals surface area contributed by atoms with Gasteiger partial charge in [-0.05, 0) is 54.6 Å². The molecule has 0 fully saturated rings. The lowest BCUT2D eigenvalue weighted by Gasteiger charge is -2.42. The van der Waals surface area contributed by atoms with Gasteiger partial charge in [-0.2, -0.15) is 0 Å². The van der Waals surface area contributed by atoms with Crippen LogP contribution in [0, 0.1) is 5.92 Å². The summed E-state index contributed by atoms with van der Waals surface area (Å²) < 4.78 is 7.49. The fourth-order valence-electron chi connectivity index (χ4n) is 2.18. The van der Waals surface area contributed by atoms with Crippen LogP contribution < -0.4 is 0 Å². The molecule has 0 bridgehead atoms. The predicted octanol–water partition coefficient (Wildman–Crippen LogP) is 6.04. The smallest absolute Gasteiger partial charge is 0.192 e. The SMILES string of the molecule is CC(C)C(C)(C)[Si](C)(C)OCCCc1cccc(Br)c1. The van der Waals surface area contributed by atoms with Crippen molar-refractivity contribution in [1.29, 1.82) is 0 Å². The van der Waals surface area contributed by atoms with E-state index in [9.17, 15) is 0 Å². The molecule has 0 radical (unpaired) electrons. The highest BCUT2D eigenvalue weighted by atomic mass is 79.9. The lowest BCUT2D eigenvalue weighted by atomic mass is 9.99. The van der Waals surface area contributed by atoms with Gasteiger partial charge in [-0.3, -0.25) is 0 Å². The summed E-state index contributed by atoms with van der Waals surface area (Å²) >= 11 is 3.52. The number of aryl methyl sites for hydroxylation is 1. The maximum Gasteiger partial charge on any atom is 0.192 e. The largest absolute Gasteiger partial charge is 0.417 e. The zero-order valence-corrected chi connectivity index (χ0v) is 16.4. The van der Waals surface area contributed by atoms with Gasteiger partial charge in [0.25, 0.3) is 0 Å². The third kappa shape index (κ3) is 4.71. The molecule has 1 rings (SSSR count). The second-order valence-corrected chi connectivity index (χ2v) is 12.5. The Morgan fingerprint density at radius 2 is 1.90 bits per heavy atom. The van der Waals surface area contributed by atoms with Gasteiger partial charge in [0.05, 0.1) is 0 Å². The number of halogens is 1. The lowest BCUT2D eigenvalue weighted by Crippen LogP contribution is -2.45. The molecule has 114 valence electrons. The molecule has 1 aromatic rings. The molecule has 0 aliphatic carbocycles. The molecule has 1 nitrogen and oxygen atoms in total. The first-order valence-electron chi connectivity index (χ1n) is 7.55. The summed E-state index contributed by atoms with van der Waals surface area (Å²) in [4.78, 5) is 0. The van der Waals surface area contributed by atoms with E-state index in [0.29, 0.717) is 11.0 Å². The van der Waals surface area contributed by atoms with Crippen LogP contribution >= 0.6 is 15.9 Å². The van der Waals surface area contributed by atoms with Crippen LogP contribution in [0.15, 0.2) is 28.7 Å². The monoisotopic (exact) mass is 356 g/mol. The highest BCUT2D eigenvalue weighted by Gasteiger charge is 2.42. The Bertz CT molecular complexity index is 427. The normalized spacial score (nSPS) is 13.0. The molecule has 0 spiro atoms. The Balaban J connectivity index is 2.44. The first-order chi connectivity index (χ1) is 9.17. The summed E-state index contributed by atoms with van der Waals surface area (Å²) in [6.45, 7) is 14.9. The summed E-state index contributed by atoms with van der Waals surface area (Å²) in [5, 5.41) is 0.308. The molecule has 0 amide bonds. The topological polar surface area (TPSA) is 9.23 Å². The third-order valence-corrected chi connectivity index (χ3v) is 10.1. The Morgan fingerprint density at radius 3 is 2.45 bits per heavy atom. The lowest BCUT2D eigenvalue weighted by molar-refractivity contribution is 0.262. The van der Waals surface area contributed by atoms with Crippen molar-refractivity contribution < 1.29 is 4.43 Å². The summed E-state index contributed by atoms with van der Waals surface area (Å²) in [5.74, 6) is 0.661. The van der Waals surface area contributed by atoms with E-state index in [1.165, 1.54) is 5.56 Å². The van der Waals surface area contributed by atoms with Gasteiger partial charge < -0.3 is 4.43 Å². The van der Waals surface area contributed by atoms with Crippen molar-refractivity contribution in [1.82, 2.24) is 0 Å². The Kier molecular flexibility index (Phi) is 6.48. The van der Waals surface area contributed by atoms with E-state index in [0.717, 1.165) is 23.9 Å². The van der Waals surface area contributed by atoms with Crippen LogP contribution in [0.1, 0.15) is 39.7 Å². The summed E-state index contributed by atoms with van der Waals surface area (Å²) in [6.07, 6.45) is 2.19. The highest BCUT2D eigenvalue weighted by Crippen LogP contribution is 2.44. The second-order valence-electron chi connectivity index (χ2n) is 6.97. The van der Waals surface area contributed by atoms with E-state index in [-0.39, 0.29) is 0 Å². The van der Waals surface area contributed by atoms with Crippen molar-refractivity contribution >= 4 is 24.2 Å². The van der Waals surface area contributed by atoms with Crippen LogP contribution in [-0.2, 0) is 10.8 Å². The Hall–Kier alpha value is -0.123. The quantitative estimate of drug-likeness (QED) is 0.427. The highest BCUT2D eigenvalue weighted by molar-refractivity contribution is 9.10. The number of rotatable bonds is 7. The van der Waals surface area contributed by atoms with Crippen LogP contribution in [0.2, 0.25) is 18.1 Å². The zero-order valence-electron chi connectivity index (χ0n) is 13.8. The third-order valence-electron chi connectivity index (χ3n) is 4.96. The van der Waals surface area contributed by atoms with Crippen molar-refractivity contribution in [2.75, 3.05) is 6.61 Å². The molecule has 0 saturated carbocycles. The molecule has 0 aliphatic rings. The minimum absolute atomic E-state index is 0.308. The first kappa shape index (κ1) is 17.9. The van der Waals surface area contributed by atoms with Crippen LogP contribution in [0.25, 0.3) is 0 Å². The van der Waals surface area contributed by atoms with Gasteiger partial charge in [0.2, 0.25) is 0 Å². The second kappa shape index (κ2) is 7.23. The molecule has 0 atom stereocenters. The van der Waals surface area contributed by atoms with Gasteiger partial charge in [-0.25, -0.2) is 0 Å². The average Bonchev–Trinajstić information content (AvgIpc) is 2.34. The van der Waals surface area contributed by atoms with Crippen LogP contribution in [-0.4, -0.2) is 14.9 Å². The molecule has 0 saturated heterocycles. The van der Waals surface area contributed by atoms with Crippen LogP contribution in [0.5, 0.6) is 0 Å². The number of hydrogen-bond acceptors (Lipinski definition) is 1. The molecule has 1 aromatic carbocycles. The van der Waals surface area contributed by atoms with Crippen molar-refractivity contribution in [2.45, 2.75) is 58.7 Å².